The molecule has 0 unspecified atom stereocenters. The molecule has 0 aromatic heterocycles. The number of hydrogen-bond donors (Lipinski definition) is 0. The third-order valence-electron chi connectivity index (χ3n) is 5.12. The van der Waals surface area contributed by atoms with Gasteiger partial charge >= 0.3 is 0 Å². The highest BCUT2D eigenvalue weighted by molar-refractivity contribution is 5.48. The molecule has 0 N–H and O–H groups in total. The first-order valence-electron chi connectivity index (χ1n) is 13.5. The lowest BCUT2D eigenvalue weighted by atomic mass is 9.68. The molecule has 0 radical (unpaired) electrons. The van der Waals surface area contributed by atoms with E-state index < -0.39 is 44.8 Å². The van der Waals surface area contributed by atoms with Crippen molar-refractivity contribution >= 4 is 0 Å². The monoisotopic (exact) mass is 544 g/mol. The molecule has 0 atom stereocenters. The van der Waals surface area contributed by atoms with E-state index in [1.165, 1.54) is 0 Å². The van der Waals surface area contributed by atoms with E-state index in [0.717, 1.165) is 0 Å². The molecule has 0 aromatic carbocycles. The van der Waals surface area contributed by atoms with Crippen LogP contribution in [0.5, 0.6) is 0 Å². The van der Waals surface area contributed by atoms with Gasteiger partial charge in [-0.15, -0.1) is 0 Å². The van der Waals surface area contributed by atoms with Crippen LogP contribution in [0, 0.1) is 0 Å². The topological polar surface area (TPSA) is 73.8 Å². The molecule has 0 fully saturated rings. The van der Waals surface area contributed by atoms with Gasteiger partial charge in [0.25, 0.3) is 0 Å². The van der Waals surface area contributed by atoms with Crippen LogP contribution in [0.15, 0.2) is 23.3 Å². The van der Waals surface area contributed by atoms with Gasteiger partial charge in [0.15, 0.2) is 0 Å². The Labute approximate surface area is 232 Å². The fourth-order valence-corrected chi connectivity index (χ4v) is 3.64. The van der Waals surface area contributed by atoms with Crippen molar-refractivity contribution in [2.45, 2.75) is 169 Å². The lowest BCUT2D eigenvalue weighted by Crippen LogP contribution is -2.55. The Hall–Kier alpha value is -0.840. The minimum absolute atomic E-state index is 0.539. The summed E-state index contributed by atoms with van der Waals surface area (Å²) in [7, 11) is 0. The van der Waals surface area contributed by atoms with Crippen LogP contribution in [0.2, 0.25) is 0 Å². The largest absolute Gasteiger partial charge is 0.230 e. The van der Waals surface area contributed by atoms with E-state index in [9.17, 15) is 0 Å². The van der Waals surface area contributed by atoms with Gasteiger partial charge in [0.05, 0.1) is 22.4 Å². The van der Waals surface area contributed by atoms with Crippen LogP contribution < -0.4 is 0 Å². The van der Waals surface area contributed by atoms with Crippen molar-refractivity contribution in [2.75, 3.05) is 0 Å². The predicted octanol–water partition coefficient (Wildman–Crippen LogP) is 7.91. The van der Waals surface area contributed by atoms with Crippen molar-refractivity contribution in [3.8, 4) is 0 Å². The van der Waals surface area contributed by atoms with Crippen LogP contribution in [0.25, 0.3) is 0 Å². The SMILES string of the molecule is CC(C)(C)OOC1(C)C=C(C(C)(C)OOC(C)(C)C)C(C)(OOC(C)(C)C)C(C(C)(C)OOC(C)(C)C)=C1. The summed E-state index contributed by atoms with van der Waals surface area (Å²) in [6.07, 6.45) is 3.86. The van der Waals surface area contributed by atoms with Gasteiger partial charge in [0.1, 0.15) is 22.4 Å². The highest BCUT2D eigenvalue weighted by Crippen LogP contribution is 2.49. The van der Waals surface area contributed by atoms with Crippen LogP contribution in [0.4, 0.5) is 0 Å². The average molecular weight is 545 g/mol. The molecule has 0 spiro atoms. The van der Waals surface area contributed by atoms with E-state index in [0.29, 0.717) is 11.1 Å². The zero-order valence-corrected chi connectivity index (χ0v) is 27.4. The summed E-state index contributed by atoms with van der Waals surface area (Å²) >= 11 is 0. The quantitative estimate of drug-likeness (QED) is 0.156. The van der Waals surface area contributed by atoms with Gasteiger partial charge < -0.3 is 0 Å². The van der Waals surface area contributed by atoms with Gasteiger partial charge in [-0.3, -0.25) is 0 Å². The van der Waals surface area contributed by atoms with Crippen molar-refractivity contribution in [1.29, 1.82) is 0 Å². The zero-order valence-electron chi connectivity index (χ0n) is 27.4. The molecule has 38 heavy (non-hydrogen) atoms. The van der Waals surface area contributed by atoms with Gasteiger partial charge in [-0.05, 0) is 137 Å². The van der Waals surface area contributed by atoms with Crippen LogP contribution in [0.1, 0.15) is 125 Å². The molecule has 0 heterocycles. The van der Waals surface area contributed by atoms with Crippen LogP contribution in [0.3, 0.4) is 0 Å². The van der Waals surface area contributed by atoms with Crippen molar-refractivity contribution in [3.05, 3.63) is 23.3 Å². The summed E-state index contributed by atoms with van der Waals surface area (Å²) in [5, 5.41) is 0. The smallest absolute Gasteiger partial charge is 0.149 e. The molecule has 8 nitrogen and oxygen atoms in total. The summed E-state index contributed by atoms with van der Waals surface area (Å²) in [5.41, 5.74) is -4.99. The van der Waals surface area contributed by atoms with E-state index in [1.807, 2.05) is 137 Å². The third-order valence-corrected chi connectivity index (χ3v) is 5.12. The van der Waals surface area contributed by atoms with E-state index >= 15 is 0 Å². The molecule has 0 bridgehead atoms. The van der Waals surface area contributed by atoms with Crippen molar-refractivity contribution in [3.63, 3.8) is 0 Å². The number of rotatable bonds is 10. The third kappa shape index (κ3) is 11.0. The fraction of sp³-hybridized carbons (Fsp3) is 0.867. The first-order chi connectivity index (χ1) is 16.5. The molecule has 8 heteroatoms. The minimum atomic E-state index is -1.17. The Balaban J connectivity index is 3.83. The first-order valence-corrected chi connectivity index (χ1v) is 13.5. The summed E-state index contributed by atoms with van der Waals surface area (Å²) in [5.74, 6) is 0. The van der Waals surface area contributed by atoms with Crippen LogP contribution in [-0.4, -0.2) is 44.8 Å². The lowest BCUT2D eigenvalue weighted by molar-refractivity contribution is -0.421. The first kappa shape index (κ1) is 35.2. The standard InChI is InChI=1S/C30H56O8/c1-23(2,3)31-35-27(13,14)21-19-29(17,37-33-25(7,8)9)20-22(28(15,16)36-32-24(4,5)6)30(21,18)38-34-26(10,11)12/h19-20H,1-18H3. The van der Waals surface area contributed by atoms with Crippen LogP contribution >= 0.6 is 0 Å². The van der Waals surface area contributed by atoms with E-state index in [2.05, 4.69) is 0 Å². The molecule has 0 amide bonds. The van der Waals surface area contributed by atoms with Crippen LogP contribution in [-0.2, 0) is 39.1 Å². The molecule has 0 aliphatic heterocycles. The Bertz CT molecular complexity index is 807. The predicted molar refractivity (Wildman–Crippen MR) is 149 cm³/mol. The van der Waals surface area contributed by atoms with Crippen molar-refractivity contribution in [2.24, 2.45) is 0 Å². The Morgan fingerprint density at radius 1 is 0.421 bits per heavy atom. The zero-order chi connectivity index (χ0) is 30.2. The highest BCUT2D eigenvalue weighted by atomic mass is 17.2. The summed E-state index contributed by atoms with van der Waals surface area (Å²) < 4.78 is 0. The fourth-order valence-electron chi connectivity index (χ4n) is 3.64. The molecule has 0 saturated heterocycles. The van der Waals surface area contributed by atoms with Gasteiger partial charge in [0, 0.05) is 11.1 Å². The molecule has 1 aliphatic carbocycles. The molecule has 0 aromatic rings. The molecular formula is C30H56O8. The van der Waals surface area contributed by atoms with Gasteiger partial charge in [0.2, 0.25) is 0 Å². The van der Waals surface area contributed by atoms with Crippen molar-refractivity contribution in [1.82, 2.24) is 0 Å². The highest BCUT2D eigenvalue weighted by Gasteiger charge is 2.55. The maximum absolute atomic E-state index is 6.33. The second-order valence-corrected chi connectivity index (χ2v) is 15.5. The summed E-state index contributed by atoms with van der Waals surface area (Å²) in [6, 6.07) is 0. The lowest BCUT2D eigenvalue weighted by Gasteiger charge is -2.49. The molecule has 1 rings (SSSR count). The van der Waals surface area contributed by atoms with E-state index in [4.69, 9.17) is 39.1 Å². The Morgan fingerprint density at radius 2 is 0.711 bits per heavy atom. The van der Waals surface area contributed by atoms with Gasteiger partial charge in [-0.25, -0.2) is 39.1 Å². The number of hydrogen-bond acceptors (Lipinski definition) is 8. The molecule has 1 aliphatic rings. The van der Waals surface area contributed by atoms with Gasteiger partial charge in [-0.2, -0.15) is 0 Å². The molecule has 0 saturated carbocycles. The Morgan fingerprint density at radius 3 is 1.00 bits per heavy atom. The van der Waals surface area contributed by atoms with E-state index in [1.54, 1.807) is 0 Å². The molecular weight excluding hydrogens is 488 g/mol. The average Bonchev–Trinajstić information content (AvgIpc) is 2.68. The minimum Gasteiger partial charge on any atom is -0.230 e. The van der Waals surface area contributed by atoms with Gasteiger partial charge in [-0.1, -0.05) is 0 Å². The Kier molecular flexibility index (Phi) is 10.4. The van der Waals surface area contributed by atoms with E-state index in [-0.39, 0.29) is 0 Å². The van der Waals surface area contributed by atoms with Crippen molar-refractivity contribution < 1.29 is 39.1 Å². The maximum Gasteiger partial charge on any atom is 0.149 e. The summed E-state index contributed by atoms with van der Waals surface area (Å²) in [4.78, 5) is 47.9. The second-order valence-electron chi connectivity index (χ2n) is 15.5. The molecule has 224 valence electrons. The second kappa shape index (κ2) is 11.2. The maximum atomic E-state index is 6.33. The normalized spacial score (nSPS) is 24.4. The summed E-state index contributed by atoms with van der Waals surface area (Å²) in [6.45, 7) is 34.6.